The van der Waals surface area contributed by atoms with Crippen molar-refractivity contribution >= 4 is 5.78 Å². The molecule has 0 aromatic carbocycles. The van der Waals surface area contributed by atoms with E-state index in [1.54, 1.807) is 0 Å². The van der Waals surface area contributed by atoms with Crippen LogP contribution >= 0.6 is 0 Å². The van der Waals surface area contributed by atoms with Gasteiger partial charge in [-0.25, -0.2) is 4.85 Å². The molecule has 2 heterocycles. The van der Waals surface area contributed by atoms with Gasteiger partial charge in [0, 0.05) is 23.9 Å². The van der Waals surface area contributed by atoms with Gasteiger partial charge in [0.2, 0.25) is 11.9 Å². The van der Waals surface area contributed by atoms with Crippen LogP contribution in [0, 0.1) is 18.4 Å². The summed E-state index contributed by atoms with van der Waals surface area (Å²) in [5.74, 6) is 0.0435. The summed E-state index contributed by atoms with van der Waals surface area (Å²) < 4.78 is 6.04. The number of carbonyl (C=O) groups is 1. The monoisotopic (exact) mass is 350 g/mol. The zero-order chi connectivity index (χ0) is 18.8. The van der Waals surface area contributed by atoms with Crippen LogP contribution in [0.5, 0.6) is 0 Å². The van der Waals surface area contributed by atoms with Crippen molar-refractivity contribution in [3.8, 4) is 11.3 Å². The summed E-state index contributed by atoms with van der Waals surface area (Å²) in [6, 6.07) is 0. The van der Waals surface area contributed by atoms with Gasteiger partial charge in [-0.05, 0) is 18.8 Å². The van der Waals surface area contributed by atoms with Crippen LogP contribution in [0.4, 0.5) is 0 Å². The van der Waals surface area contributed by atoms with Crippen LogP contribution in [0.25, 0.3) is 16.1 Å². The lowest BCUT2D eigenvalue weighted by Crippen LogP contribution is -2.45. The molecule has 0 bridgehead atoms. The van der Waals surface area contributed by atoms with Crippen molar-refractivity contribution in [2.24, 2.45) is 33.0 Å². The quantitative estimate of drug-likeness (QED) is 0.584. The molecule has 6 heteroatoms. The molecule has 0 spiro atoms. The van der Waals surface area contributed by atoms with Gasteiger partial charge in [0.25, 0.3) is 0 Å². The fourth-order valence-corrected chi connectivity index (χ4v) is 4.92. The first-order valence-electron chi connectivity index (χ1n) is 9.01. The van der Waals surface area contributed by atoms with Gasteiger partial charge in [0.15, 0.2) is 12.8 Å². The molecule has 3 atom stereocenters. The van der Waals surface area contributed by atoms with Crippen LogP contribution in [0.2, 0.25) is 0 Å². The van der Waals surface area contributed by atoms with Gasteiger partial charge in [-0.3, -0.25) is 4.68 Å². The second kappa shape index (κ2) is 5.41. The molecule has 2 aromatic rings. The smallest absolute Gasteiger partial charge is 0.226 e. The van der Waals surface area contributed by atoms with E-state index in [1.807, 2.05) is 48.2 Å². The van der Waals surface area contributed by atoms with Gasteiger partial charge < -0.3 is 4.79 Å². The van der Waals surface area contributed by atoms with Crippen LogP contribution in [-0.2, 0) is 37.8 Å². The molecule has 26 heavy (non-hydrogen) atoms. The van der Waals surface area contributed by atoms with Gasteiger partial charge in [0.05, 0.1) is 36.8 Å². The molecule has 0 N–H and O–H groups in total. The number of hydrogen-bond donors (Lipinski definition) is 0. The Balaban J connectivity index is 1.94. The standard InChI is InChI=1S/C20H24N5O/c1-12-15-8-7-14-17(13-10-23(4)24(5)11-13)25(6)22-19(14)20(15,2)9-16(21-3)18(12)26/h9-12,15H,7-8H2,1-2,4-6H3/q+1/t12-,15-,20-/m0/s1. The summed E-state index contributed by atoms with van der Waals surface area (Å²) in [6.07, 6.45) is 7.96. The predicted molar refractivity (Wildman–Crippen MR) is 96.8 cm³/mol. The minimum atomic E-state index is -0.367. The predicted octanol–water partition coefficient (Wildman–Crippen LogP) is 2.09. The number of fused-ring (bicyclic) bond motifs is 3. The van der Waals surface area contributed by atoms with Gasteiger partial charge >= 0.3 is 0 Å². The molecule has 2 aromatic heterocycles. The van der Waals surface area contributed by atoms with Crippen molar-refractivity contribution in [3.63, 3.8) is 0 Å². The molecule has 0 fully saturated rings. The molecule has 6 nitrogen and oxygen atoms in total. The van der Waals surface area contributed by atoms with E-state index in [1.165, 1.54) is 5.56 Å². The summed E-state index contributed by atoms with van der Waals surface area (Å²) in [6.45, 7) is 11.5. The van der Waals surface area contributed by atoms with Crippen LogP contribution in [0.15, 0.2) is 24.2 Å². The summed E-state index contributed by atoms with van der Waals surface area (Å²) >= 11 is 0. The van der Waals surface area contributed by atoms with Gasteiger partial charge in [-0.1, -0.05) is 19.9 Å². The van der Waals surface area contributed by atoms with E-state index in [0.717, 1.165) is 29.8 Å². The number of ketones is 1. The van der Waals surface area contributed by atoms with E-state index < -0.39 is 0 Å². The Morgan fingerprint density at radius 3 is 2.77 bits per heavy atom. The van der Waals surface area contributed by atoms with Gasteiger partial charge in [0.1, 0.15) is 0 Å². The lowest BCUT2D eigenvalue weighted by atomic mass is 9.58. The van der Waals surface area contributed by atoms with E-state index >= 15 is 0 Å². The fraction of sp³-hybridized carbons (Fsp3) is 0.500. The maximum absolute atomic E-state index is 12.5. The largest absolute Gasteiger partial charge is 0.308 e. The van der Waals surface area contributed by atoms with Crippen LogP contribution in [0.3, 0.4) is 0 Å². The maximum Gasteiger partial charge on any atom is 0.226 e. The Bertz CT molecular complexity index is 983. The molecular formula is C20H24N5O+. The van der Waals surface area contributed by atoms with Crippen molar-refractivity contribution in [1.82, 2.24) is 14.5 Å². The first kappa shape index (κ1) is 16.8. The number of hydrogen-bond acceptors (Lipinski definition) is 2. The third-order valence-corrected chi connectivity index (χ3v) is 6.38. The van der Waals surface area contributed by atoms with Crippen molar-refractivity contribution in [2.45, 2.75) is 32.1 Å². The molecule has 0 aliphatic heterocycles. The van der Waals surface area contributed by atoms with Gasteiger partial charge in [-0.15, -0.1) is 4.68 Å². The lowest BCUT2D eigenvalue weighted by molar-refractivity contribution is -0.751. The molecule has 2 aliphatic carbocycles. The number of nitrogens with zero attached hydrogens (tertiary/aromatic N) is 5. The molecule has 0 unspecified atom stereocenters. The van der Waals surface area contributed by atoms with E-state index in [9.17, 15) is 4.79 Å². The van der Waals surface area contributed by atoms with E-state index in [2.05, 4.69) is 24.2 Å². The SMILES string of the molecule is [C-]#[N+]C1=C[C@]2(C)c3nn(C)c(-c4cn(C)[n+](C)c4)c3CC[C@H]2[C@H](C)C1=O. The highest BCUT2D eigenvalue weighted by Gasteiger charge is 2.50. The van der Waals surface area contributed by atoms with Crippen molar-refractivity contribution < 1.29 is 9.48 Å². The highest BCUT2D eigenvalue weighted by molar-refractivity contribution is 6.00. The first-order valence-corrected chi connectivity index (χ1v) is 9.01. The van der Waals surface area contributed by atoms with E-state index in [4.69, 9.17) is 11.7 Å². The molecule has 4 rings (SSSR count). The summed E-state index contributed by atoms with van der Waals surface area (Å²) in [4.78, 5) is 16.0. The Labute approximate surface area is 153 Å². The van der Waals surface area contributed by atoms with E-state index in [-0.39, 0.29) is 28.7 Å². The Morgan fingerprint density at radius 2 is 2.15 bits per heavy atom. The Hall–Kier alpha value is -2.68. The number of aromatic nitrogens is 4. The Kier molecular flexibility index (Phi) is 3.49. The molecular weight excluding hydrogens is 326 g/mol. The third-order valence-electron chi connectivity index (χ3n) is 6.38. The lowest BCUT2D eigenvalue weighted by Gasteiger charge is -2.44. The van der Waals surface area contributed by atoms with Crippen molar-refractivity contribution in [3.05, 3.63) is 46.8 Å². The van der Waals surface area contributed by atoms with Crippen LogP contribution in [0.1, 0.15) is 31.5 Å². The number of aryl methyl sites for hydroxylation is 3. The molecule has 0 amide bonds. The minimum Gasteiger partial charge on any atom is -0.308 e. The highest BCUT2D eigenvalue weighted by Crippen LogP contribution is 2.51. The summed E-state index contributed by atoms with van der Waals surface area (Å²) in [5.41, 5.74) is 4.45. The minimum absolute atomic E-state index is 0.0165. The molecule has 134 valence electrons. The molecule has 2 aliphatic rings. The molecule has 0 saturated heterocycles. The van der Waals surface area contributed by atoms with Crippen molar-refractivity contribution in [2.75, 3.05) is 0 Å². The zero-order valence-corrected chi connectivity index (χ0v) is 15.9. The highest BCUT2D eigenvalue weighted by atomic mass is 16.1. The fourth-order valence-electron chi connectivity index (χ4n) is 4.92. The van der Waals surface area contributed by atoms with Crippen molar-refractivity contribution in [1.29, 1.82) is 0 Å². The zero-order valence-electron chi connectivity index (χ0n) is 15.9. The number of rotatable bonds is 1. The normalized spacial score (nSPS) is 27.5. The maximum atomic E-state index is 12.5. The first-order chi connectivity index (χ1) is 12.3. The van der Waals surface area contributed by atoms with Crippen LogP contribution < -0.4 is 4.68 Å². The number of allylic oxidation sites excluding steroid dienone is 2. The second-order valence-corrected chi connectivity index (χ2v) is 7.88. The molecule has 0 radical (unpaired) electrons. The topological polar surface area (TPSA) is 48.1 Å². The average molecular weight is 350 g/mol. The summed E-state index contributed by atoms with van der Waals surface area (Å²) in [5, 5.41) is 4.89. The van der Waals surface area contributed by atoms with Crippen LogP contribution in [-0.4, -0.2) is 20.2 Å². The number of Topliss-reactive ketones (excluding diaryl/α,β-unsaturated/α-hetero) is 1. The van der Waals surface area contributed by atoms with Gasteiger partial charge in [-0.2, -0.15) is 9.78 Å². The summed E-state index contributed by atoms with van der Waals surface area (Å²) in [7, 11) is 6.02. The average Bonchev–Trinajstić information content (AvgIpc) is 3.10. The Morgan fingerprint density at radius 1 is 1.42 bits per heavy atom. The molecule has 0 saturated carbocycles. The van der Waals surface area contributed by atoms with E-state index in [0.29, 0.717) is 0 Å². The third kappa shape index (κ3) is 2.06. The second-order valence-electron chi connectivity index (χ2n) is 7.88. The number of carbonyl (C=O) groups excluding carboxylic acids is 1.